The molecule has 0 rings (SSSR count). The molecule has 3 amide bonds. The van der Waals surface area contributed by atoms with Crippen LogP contribution in [0.25, 0.3) is 0 Å². The summed E-state index contributed by atoms with van der Waals surface area (Å²) >= 11 is 0. The first-order chi connectivity index (χ1) is 15.6. The number of nitrogens with one attached hydrogen (secondary N) is 3. The minimum atomic E-state index is -1.48. The first-order valence-corrected chi connectivity index (χ1v) is 11.0. The number of carbonyl (C=O) groups is 6. The number of aliphatic carboxylic acids is 3. The van der Waals surface area contributed by atoms with Gasteiger partial charge in [0.25, 0.3) is 0 Å². The molecule has 0 aliphatic carbocycles. The van der Waals surface area contributed by atoms with E-state index in [1.54, 1.807) is 27.7 Å². The van der Waals surface area contributed by atoms with E-state index in [0.717, 1.165) is 0 Å². The molecule has 0 aromatic rings. The van der Waals surface area contributed by atoms with Crippen molar-refractivity contribution in [1.29, 1.82) is 0 Å². The van der Waals surface area contributed by atoms with Crippen molar-refractivity contribution < 1.29 is 44.1 Å². The van der Waals surface area contributed by atoms with Gasteiger partial charge < -0.3 is 37.0 Å². The van der Waals surface area contributed by atoms with Crippen LogP contribution in [0.1, 0.15) is 59.8 Å². The summed E-state index contributed by atoms with van der Waals surface area (Å²) in [7, 11) is 0. The minimum Gasteiger partial charge on any atom is -0.481 e. The van der Waals surface area contributed by atoms with Gasteiger partial charge >= 0.3 is 17.9 Å². The average Bonchev–Trinajstić information content (AvgIpc) is 2.71. The molecule has 34 heavy (non-hydrogen) atoms. The van der Waals surface area contributed by atoms with Crippen molar-refractivity contribution in [2.75, 3.05) is 0 Å². The van der Waals surface area contributed by atoms with Crippen molar-refractivity contribution in [2.45, 2.75) is 84.0 Å². The quantitative estimate of drug-likeness (QED) is 0.144. The fourth-order valence-corrected chi connectivity index (χ4v) is 2.88. The number of carboxylic acid groups (broad SMARTS) is 3. The highest BCUT2D eigenvalue weighted by molar-refractivity contribution is 5.94. The van der Waals surface area contributed by atoms with Gasteiger partial charge in [-0.2, -0.15) is 0 Å². The highest BCUT2D eigenvalue weighted by Crippen LogP contribution is 2.09. The van der Waals surface area contributed by atoms with Crippen molar-refractivity contribution in [3.8, 4) is 0 Å². The number of hydrogen-bond acceptors (Lipinski definition) is 7. The van der Waals surface area contributed by atoms with E-state index in [4.69, 9.17) is 15.9 Å². The Kier molecular flexibility index (Phi) is 13.4. The van der Waals surface area contributed by atoms with Crippen molar-refractivity contribution in [2.24, 2.45) is 17.6 Å². The molecule has 4 atom stereocenters. The summed E-state index contributed by atoms with van der Waals surface area (Å²) in [5, 5.41) is 34.1. The van der Waals surface area contributed by atoms with Gasteiger partial charge in [0, 0.05) is 12.8 Å². The second kappa shape index (κ2) is 14.8. The Morgan fingerprint density at radius 2 is 1.09 bits per heavy atom. The maximum atomic E-state index is 12.9. The summed E-state index contributed by atoms with van der Waals surface area (Å²) < 4.78 is 0. The molecule has 194 valence electrons. The van der Waals surface area contributed by atoms with Crippen LogP contribution in [0.15, 0.2) is 0 Å². The molecule has 0 saturated heterocycles. The van der Waals surface area contributed by atoms with E-state index < -0.39 is 72.6 Å². The Bertz CT molecular complexity index is 755. The van der Waals surface area contributed by atoms with Crippen LogP contribution < -0.4 is 21.7 Å². The highest BCUT2D eigenvalue weighted by Gasteiger charge is 2.31. The van der Waals surface area contributed by atoms with Gasteiger partial charge in [-0.1, -0.05) is 27.7 Å². The monoisotopic (exact) mass is 488 g/mol. The van der Waals surface area contributed by atoms with Gasteiger partial charge in [-0.15, -0.1) is 0 Å². The molecular weight excluding hydrogens is 452 g/mol. The molecule has 0 spiro atoms. The van der Waals surface area contributed by atoms with Crippen LogP contribution in [0.2, 0.25) is 0 Å². The van der Waals surface area contributed by atoms with E-state index in [1.807, 2.05) is 0 Å². The lowest BCUT2D eigenvalue weighted by molar-refractivity contribution is -0.143. The normalized spacial score (nSPS) is 14.6. The molecule has 0 aromatic carbocycles. The standard InChI is InChI=1S/C21H36N4O9/c1-10(2)9-14(19(31)24-13(21(33)34)6-8-16(28)29)25-18(30)12(5-7-15(26)27)23-20(32)17(22)11(3)4/h10-14,17H,5-9,22H2,1-4H3,(H,23,32)(H,24,31)(H,25,30)(H,26,27)(H,28,29)(H,33,34). The van der Waals surface area contributed by atoms with E-state index in [-0.39, 0.29) is 31.1 Å². The topological polar surface area (TPSA) is 225 Å². The molecule has 0 aliphatic rings. The Morgan fingerprint density at radius 1 is 0.676 bits per heavy atom. The third-order valence-corrected chi connectivity index (χ3v) is 4.90. The summed E-state index contributed by atoms with van der Waals surface area (Å²) in [5.74, 6) is -6.56. The lowest BCUT2D eigenvalue weighted by atomic mass is 10.0. The summed E-state index contributed by atoms with van der Waals surface area (Å²) in [4.78, 5) is 71.1. The van der Waals surface area contributed by atoms with Crippen LogP contribution in [-0.4, -0.2) is 75.1 Å². The number of carbonyl (C=O) groups excluding carboxylic acids is 3. The lowest BCUT2D eigenvalue weighted by Crippen LogP contribution is -2.57. The van der Waals surface area contributed by atoms with E-state index in [9.17, 15) is 33.9 Å². The van der Waals surface area contributed by atoms with Crippen LogP contribution in [0, 0.1) is 11.8 Å². The van der Waals surface area contributed by atoms with Crippen LogP contribution >= 0.6 is 0 Å². The third-order valence-electron chi connectivity index (χ3n) is 4.90. The lowest BCUT2D eigenvalue weighted by Gasteiger charge is -2.26. The summed E-state index contributed by atoms with van der Waals surface area (Å²) in [6.07, 6.45) is -1.44. The SMILES string of the molecule is CC(C)CC(NC(=O)C(CCC(=O)O)NC(=O)C(N)C(C)C)C(=O)NC(CCC(=O)O)C(=O)O. The zero-order chi connectivity index (χ0) is 26.6. The third kappa shape index (κ3) is 12.1. The van der Waals surface area contributed by atoms with Crippen molar-refractivity contribution in [1.82, 2.24) is 16.0 Å². The smallest absolute Gasteiger partial charge is 0.326 e. The van der Waals surface area contributed by atoms with Gasteiger partial charge in [0.2, 0.25) is 17.7 Å². The zero-order valence-electron chi connectivity index (χ0n) is 19.9. The second-order valence-electron chi connectivity index (χ2n) is 8.79. The van der Waals surface area contributed by atoms with Crippen LogP contribution in [0.5, 0.6) is 0 Å². The molecule has 13 nitrogen and oxygen atoms in total. The van der Waals surface area contributed by atoms with Crippen molar-refractivity contribution >= 4 is 35.6 Å². The second-order valence-corrected chi connectivity index (χ2v) is 8.79. The average molecular weight is 489 g/mol. The molecule has 0 aliphatic heterocycles. The van der Waals surface area contributed by atoms with Gasteiger partial charge in [0.05, 0.1) is 6.04 Å². The molecule has 13 heteroatoms. The summed E-state index contributed by atoms with van der Waals surface area (Å²) in [6, 6.07) is -4.93. The number of carboxylic acids is 3. The molecule has 0 aromatic heterocycles. The predicted octanol–water partition coefficient (Wildman–Crippen LogP) is -0.716. The number of rotatable bonds is 16. The van der Waals surface area contributed by atoms with Crippen LogP contribution in [0.3, 0.4) is 0 Å². The number of hydrogen-bond donors (Lipinski definition) is 7. The first kappa shape index (κ1) is 30.8. The molecule has 0 bridgehead atoms. The fraction of sp³-hybridized carbons (Fsp3) is 0.714. The summed E-state index contributed by atoms with van der Waals surface area (Å²) in [5.41, 5.74) is 5.79. The Labute approximate surface area is 197 Å². The molecule has 0 fully saturated rings. The van der Waals surface area contributed by atoms with Crippen molar-refractivity contribution in [3.05, 3.63) is 0 Å². The fourth-order valence-electron chi connectivity index (χ4n) is 2.88. The van der Waals surface area contributed by atoms with Gasteiger partial charge in [-0.05, 0) is 31.1 Å². The summed E-state index contributed by atoms with van der Waals surface area (Å²) in [6.45, 7) is 6.92. The van der Waals surface area contributed by atoms with Gasteiger partial charge in [-0.3, -0.25) is 24.0 Å². The van der Waals surface area contributed by atoms with Gasteiger partial charge in [0.1, 0.15) is 18.1 Å². The zero-order valence-corrected chi connectivity index (χ0v) is 19.9. The molecular formula is C21H36N4O9. The Hall–Kier alpha value is -3.22. The largest absolute Gasteiger partial charge is 0.481 e. The Morgan fingerprint density at radius 3 is 1.50 bits per heavy atom. The van der Waals surface area contributed by atoms with E-state index in [0.29, 0.717) is 0 Å². The Balaban J connectivity index is 5.57. The first-order valence-electron chi connectivity index (χ1n) is 11.0. The molecule has 0 heterocycles. The van der Waals surface area contributed by atoms with Crippen molar-refractivity contribution in [3.63, 3.8) is 0 Å². The van der Waals surface area contributed by atoms with E-state index in [1.165, 1.54) is 0 Å². The maximum Gasteiger partial charge on any atom is 0.326 e. The molecule has 8 N–H and O–H groups in total. The molecule has 0 radical (unpaired) electrons. The maximum absolute atomic E-state index is 12.9. The van der Waals surface area contributed by atoms with E-state index >= 15 is 0 Å². The number of nitrogens with two attached hydrogens (primary N) is 1. The minimum absolute atomic E-state index is 0.105. The highest BCUT2D eigenvalue weighted by atomic mass is 16.4. The van der Waals surface area contributed by atoms with Crippen LogP contribution in [0.4, 0.5) is 0 Å². The predicted molar refractivity (Wildman–Crippen MR) is 119 cm³/mol. The molecule has 4 unspecified atom stereocenters. The number of amides is 3. The van der Waals surface area contributed by atoms with E-state index in [2.05, 4.69) is 16.0 Å². The van der Waals surface area contributed by atoms with Gasteiger partial charge in [0.15, 0.2) is 0 Å². The van der Waals surface area contributed by atoms with Gasteiger partial charge in [-0.25, -0.2) is 4.79 Å². The molecule has 0 saturated carbocycles. The van der Waals surface area contributed by atoms with Crippen LogP contribution in [-0.2, 0) is 28.8 Å².